The smallest absolute Gasteiger partial charge is 0.293 e. The van der Waals surface area contributed by atoms with E-state index in [4.69, 9.17) is 16.3 Å². The van der Waals surface area contributed by atoms with Crippen LogP contribution in [-0.2, 0) is 23.0 Å². The molecule has 0 unspecified atom stereocenters. The fourth-order valence-electron chi connectivity index (χ4n) is 7.71. The van der Waals surface area contributed by atoms with E-state index >= 15 is 0 Å². The number of sulfonamides is 1. The highest BCUT2D eigenvalue weighted by Gasteiger charge is 2.27. The van der Waals surface area contributed by atoms with E-state index in [2.05, 4.69) is 48.3 Å². The molecule has 2 aliphatic heterocycles. The molecule has 2 aliphatic rings. The first-order valence-corrected chi connectivity index (χ1v) is 22.4. The number of nitrogens with zero attached hydrogens (tertiary/aromatic N) is 4. The predicted molar refractivity (Wildman–Crippen MR) is 241 cm³/mol. The van der Waals surface area contributed by atoms with Crippen LogP contribution in [0.3, 0.4) is 0 Å². The number of benzene rings is 5. The lowest BCUT2D eigenvalue weighted by molar-refractivity contribution is -0.384. The molecule has 3 N–H and O–H groups in total. The Bertz CT molecular complexity index is 2420. The van der Waals surface area contributed by atoms with Gasteiger partial charge in [0.05, 0.1) is 15.4 Å². The summed E-state index contributed by atoms with van der Waals surface area (Å²) in [7, 11) is -0.496. The van der Waals surface area contributed by atoms with Gasteiger partial charge in [0.25, 0.3) is 21.6 Å². The molecule has 15 heteroatoms. The third-order valence-electron chi connectivity index (χ3n) is 11.3. The third-order valence-corrected chi connectivity index (χ3v) is 12.8. The van der Waals surface area contributed by atoms with Crippen molar-refractivity contribution in [1.29, 1.82) is 0 Å². The van der Waals surface area contributed by atoms with Crippen LogP contribution in [0, 0.1) is 16.0 Å². The first-order chi connectivity index (χ1) is 29.4. The number of amides is 1. The largest absolute Gasteiger partial charge is 0.456 e. The molecule has 0 aromatic heterocycles. The highest BCUT2D eigenvalue weighted by molar-refractivity contribution is 7.90. The molecule has 13 nitrogen and oxygen atoms in total. The lowest BCUT2D eigenvalue weighted by Crippen LogP contribution is -2.46. The van der Waals surface area contributed by atoms with Crippen molar-refractivity contribution in [3.63, 3.8) is 0 Å². The van der Waals surface area contributed by atoms with E-state index in [1.807, 2.05) is 68.7 Å². The standard InChI is InChI=1S/C46H52ClN7O6S/c1-51(2)24-21-33-7-14-39(15-8-33)60-45-29-38(53-27-25-52(26-28-53)32-36-5-3-4-6-41(36)35-9-11-37(47)12-10-35)13-17-42(45)46(55)50-61(58,59)40-16-18-43(44(30-40)54(56)57)49-31-34-19-22-48-23-20-34/h3-18,29-30,34,48-49H,19-28,31-32H2,1-2H3,(H,50,55). The summed E-state index contributed by atoms with van der Waals surface area (Å²) in [4.78, 5) is 31.7. The van der Waals surface area contributed by atoms with Gasteiger partial charge in [0.15, 0.2) is 0 Å². The number of nitrogens with one attached hydrogen (secondary N) is 3. The average molecular weight is 866 g/mol. The molecular weight excluding hydrogens is 814 g/mol. The van der Waals surface area contributed by atoms with E-state index in [0.717, 1.165) is 81.4 Å². The van der Waals surface area contributed by atoms with Crippen molar-refractivity contribution in [2.24, 2.45) is 5.92 Å². The van der Waals surface area contributed by atoms with E-state index in [-0.39, 0.29) is 17.0 Å². The summed E-state index contributed by atoms with van der Waals surface area (Å²) in [6.45, 7) is 6.95. The fourth-order valence-corrected chi connectivity index (χ4v) is 8.82. The van der Waals surface area contributed by atoms with Gasteiger partial charge in [-0.25, -0.2) is 13.1 Å². The molecule has 0 spiro atoms. The van der Waals surface area contributed by atoms with Crippen LogP contribution in [0.2, 0.25) is 5.02 Å². The minimum absolute atomic E-state index is 0.00351. The van der Waals surface area contributed by atoms with E-state index in [1.165, 1.54) is 23.3 Å². The zero-order valence-corrected chi connectivity index (χ0v) is 36.1. The molecule has 2 fully saturated rings. The maximum absolute atomic E-state index is 13.9. The molecule has 7 rings (SSSR count). The van der Waals surface area contributed by atoms with Crippen LogP contribution in [0.4, 0.5) is 17.1 Å². The highest BCUT2D eigenvalue weighted by Crippen LogP contribution is 2.33. The molecule has 61 heavy (non-hydrogen) atoms. The van der Waals surface area contributed by atoms with Crippen molar-refractivity contribution in [3.05, 3.63) is 141 Å². The summed E-state index contributed by atoms with van der Waals surface area (Å²) in [5, 5.41) is 19.2. The Morgan fingerprint density at radius 3 is 2.34 bits per heavy atom. The number of carbonyl (C=O) groups excluding carboxylic acids is 1. The van der Waals surface area contributed by atoms with Crippen LogP contribution in [-0.4, -0.2) is 95.5 Å². The number of halogens is 1. The highest BCUT2D eigenvalue weighted by atomic mass is 35.5. The van der Waals surface area contributed by atoms with Gasteiger partial charge in [-0.05, 0) is 123 Å². The number of likely N-dealkylation sites (N-methyl/N-ethyl adjacent to an activating group) is 1. The zero-order valence-electron chi connectivity index (χ0n) is 34.5. The number of ether oxygens (including phenoxy) is 1. The lowest BCUT2D eigenvalue weighted by atomic mass is 9.98. The molecule has 2 saturated heterocycles. The van der Waals surface area contributed by atoms with Gasteiger partial charge in [-0.15, -0.1) is 0 Å². The fraction of sp³-hybridized carbons (Fsp3) is 0.326. The third kappa shape index (κ3) is 11.5. The maximum atomic E-state index is 13.9. The van der Waals surface area contributed by atoms with Crippen LogP contribution in [0.1, 0.15) is 34.3 Å². The minimum atomic E-state index is -4.53. The first kappa shape index (κ1) is 43.6. The molecule has 0 aliphatic carbocycles. The zero-order chi connectivity index (χ0) is 42.9. The van der Waals surface area contributed by atoms with Gasteiger partial charge < -0.3 is 25.2 Å². The maximum Gasteiger partial charge on any atom is 0.293 e. The quantitative estimate of drug-likeness (QED) is 0.0663. The lowest BCUT2D eigenvalue weighted by Gasteiger charge is -2.36. The van der Waals surface area contributed by atoms with Crippen molar-refractivity contribution in [1.82, 2.24) is 19.8 Å². The molecule has 1 amide bonds. The number of anilines is 2. The summed E-state index contributed by atoms with van der Waals surface area (Å²) in [5.74, 6) is 0.0691. The topological polar surface area (TPSA) is 149 Å². The second-order valence-electron chi connectivity index (χ2n) is 15.9. The number of rotatable bonds is 16. The van der Waals surface area contributed by atoms with Gasteiger partial charge in [-0.2, -0.15) is 0 Å². The van der Waals surface area contributed by atoms with Gasteiger partial charge in [0.1, 0.15) is 17.2 Å². The van der Waals surface area contributed by atoms with Crippen LogP contribution in [0.15, 0.2) is 114 Å². The van der Waals surface area contributed by atoms with Crippen molar-refractivity contribution >= 4 is 44.6 Å². The van der Waals surface area contributed by atoms with E-state index in [0.29, 0.717) is 36.3 Å². The normalized spacial score (nSPS) is 15.1. The second kappa shape index (κ2) is 19.9. The Hall–Kier alpha value is -5.51. The van der Waals surface area contributed by atoms with E-state index in [1.54, 1.807) is 18.2 Å². The number of carbonyl (C=O) groups is 1. The summed E-state index contributed by atoms with van der Waals surface area (Å²) < 4.78 is 35.8. The Morgan fingerprint density at radius 1 is 0.918 bits per heavy atom. The van der Waals surface area contributed by atoms with Gasteiger partial charge >= 0.3 is 0 Å². The summed E-state index contributed by atoms with van der Waals surface area (Å²) in [6, 6.07) is 32.6. The van der Waals surface area contributed by atoms with Gasteiger partial charge in [-0.1, -0.05) is 60.1 Å². The first-order valence-electron chi connectivity index (χ1n) is 20.6. The molecule has 0 saturated carbocycles. The Morgan fingerprint density at radius 2 is 1.64 bits per heavy atom. The average Bonchev–Trinajstić information content (AvgIpc) is 3.26. The van der Waals surface area contributed by atoms with Gasteiger partial charge in [0.2, 0.25) is 0 Å². The molecule has 5 aromatic carbocycles. The number of piperidine rings is 1. The number of piperazine rings is 1. The number of nitro groups is 1. The SMILES string of the molecule is CN(C)CCc1ccc(Oc2cc(N3CCN(Cc4ccccc4-c4ccc(Cl)cc4)CC3)ccc2C(=O)NS(=O)(=O)c2ccc(NCC3CCNCC3)c([N+](=O)[O-])c2)cc1. The van der Waals surface area contributed by atoms with E-state index in [9.17, 15) is 23.3 Å². The molecule has 2 heterocycles. The minimum Gasteiger partial charge on any atom is -0.456 e. The van der Waals surface area contributed by atoms with Crippen LogP contribution in [0.5, 0.6) is 11.5 Å². The van der Waals surface area contributed by atoms with Crippen molar-refractivity contribution in [3.8, 4) is 22.6 Å². The molecule has 0 radical (unpaired) electrons. The molecule has 320 valence electrons. The Kier molecular flexibility index (Phi) is 14.2. The van der Waals surface area contributed by atoms with E-state index < -0.39 is 31.4 Å². The summed E-state index contributed by atoms with van der Waals surface area (Å²) >= 11 is 6.16. The molecule has 0 atom stereocenters. The molecular formula is C46H52ClN7O6S. The van der Waals surface area contributed by atoms with Crippen molar-refractivity contribution in [2.75, 3.05) is 76.7 Å². The Labute approximate surface area is 362 Å². The van der Waals surface area contributed by atoms with Crippen molar-refractivity contribution < 1.29 is 22.9 Å². The van der Waals surface area contributed by atoms with Crippen molar-refractivity contribution in [2.45, 2.75) is 30.7 Å². The molecule has 5 aromatic rings. The Balaban J connectivity index is 1.08. The van der Waals surface area contributed by atoms with Crippen LogP contribution >= 0.6 is 11.6 Å². The second-order valence-corrected chi connectivity index (χ2v) is 18.0. The number of hydrogen-bond donors (Lipinski definition) is 3. The van der Waals surface area contributed by atoms with Gasteiger partial charge in [-0.3, -0.25) is 19.8 Å². The summed E-state index contributed by atoms with van der Waals surface area (Å²) in [5.41, 5.74) is 5.27. The van der Waals surface area contributed by atoms with Crippen LogP contribution < -0.4 is 25.0 Å². The summed E-state index contributed by atoms with van der Waals surface area (Å²) in [6.07, 6.45) is 2.72. The van der Waals surface area contributed by atoms with Gasteiger partial charge in [0, 0.05) is 68.7 Å². The molecule has 0 bridgehead atoms. The number of hydrogen-bond acceptors (Lipinski definition) is 11. The monoisotopic (exact) mass is 865 g/mol. The predicted octanol–water partition coefficient (Wildman–Crippen LogP) is 7.66. The number of nitro benzene ring substituents is 1. The van der Waals surface area contributed by atoms with Crippen LogP contribution in [0.25, 0.3) is 11.1 Å².